The minimum absolute atomic E-state index is 0.654. The third kappa shape index (κ3) is 4.40. The molecule has 1 aromatic heterocycles. The number of hydrogen-bond acceptors (Lipinski definition) is 3. The van der Waals surface area contributed by atoms with Gasteiger partial charge >= 0.3 is 0 Å². The summed E-state index contributed by atoms with van der Waals surface area (Å²) in [5.41, 5.74) is 1.94. The van der Waals surface area contributed by atoms with Gasteiger partial charge < -0.3 is 5.32 Å². The summed E-state index contributed by atoms with van der Waals surface area (Å²) in [5.74, 6) is 1.01. The van der Waals surface area contributed by atoms with Crippen LogP contribution in [0.5, 0.6) is 0 Å². The minimum atomic E-state index is 0.654. The van der Waals surface area contributed by atoms with Gasteiger partial charge in [-0.1, -0.05) is 32.6 Å². The largest absolute Gasteiger partial charge is 0.314 e. The molecule has 1 heterocycles. The molecule has 0 aliphatic heterocycles. The van der Waals surface area contributed by atoms with Gasteiger partial charge in [-0.05, 0) is 31.7 Å². The highest BCUT2D eigenvalue weighted by atomic mass is 32.1. The molecule has 1 aliphatic rings. The Morgan fingerprint density at radius 1 is 1.47 bits per heavy atom. The third-order valence-electron chi connectivity index (χ3n) is 3.82. The zero-order valence-corrected chi connectivity index (χ0v) is 11.6. The lowest BCUT2D eigenvalue weighted by molar-refractivity contribution is 0.408. The SMILES string of the molecule is CCNC(CCC1CCCC1)Cc1cncs1. The van der Waals surface area contributed by atoms with Crippen LogP contribution in [0.15, 0.2) is 11.7 Å². The topological polar surface area (TPSA) is 24.9 Å². The molecule has 1 aromatic rings. The van der Waals surface area contributed by atoms with E-state index in [0.717, 1.165) is 18.9 Å². The highest BCUT2D eigenvalue weighted by Gasteiger charge is 2.17. The Bertz CT molecular complexity index is 291. The van der Waals surface area contributed by atoms with Gasteiger partial charge in [-0.3, -0.25) is 4.98 Å². The molecule has 0 amide bonds. The molecule has 1 atom stereocenters. The Kier molecular flexibility index (Phi) is 5.46. The summed E-state index contributed by atoms with van der Waals surface area (Å²) in [6.45, 7) is 3.28. The summed E-state index contributed by atoms with van der Waals surface area (Å²) in [6, 6.07) is 0.654. The summed E-state index contributed by atoms with van der Waals surface area (Å²) < 4.78 is 0. The van der Waals surface area contributed by atoms with Crippen molar-refractivity contribution in [3.63, 3.8) is 0 Å². The van der Waals surface area contributed by atoms with Gasteiger partial charge in [-0.2, -0.15) is 0 Å². The van der Waals surface area contributed by atoms with Crippen LogP contribution >= 0.6 is 11.3 Å². The fraction of sp³-hybridized carbons (Fsp3) is 0.786. The zero-order valence-electron chi connectivity index (χ0n) is 10.8. The molecular formula is C14H24N2S. The smallest absolute Gasteiger partial charge is 0.0794 e. The van der Waals surface area contributed by atoms with Gasteiger partial charge in [0.1, 0.15) is 0 Å². The normalized spacial score (nSPS) is 18.6. The number of hydrogen-bond donors (Lipinski definition) is 1. The minimum Gasteiger partial charge on any atom is -0.314 e. The highest BCUT2D eigenvalue weighted by molar-refractivity contribution is 7.09. The van der Waals surface area contributed by atoms with E-state index in [0.29, 0.717) is 6.04 Å². The molecule has 1 aliphatic carbocycles. The third-order valence-corrected chi connectivity index (χ3v) is 4.62. The van der Waals surface area contributed by atoms with E-state index < -0.39 is 0 Å². The fourth-order valence-electron chi connectivity index (χ4n) is 2.89. The van der Waals surface area contributed by atoms with E-state index in [9.17, 15) is 0 Å². The van der Waals surface area contributed by atoms with Gasteiger partial charge in [0.05, 0.1) is 5.51 Å². The fourth-order valence-corrected chi connectivity index (χ4v) is 3.56. The van der Waals surface area contributed by atoms with Crippen molar-refractivity contribution < 1.29 is 0 Å². The van der Waals surface area contributed by atoms with Crippen molar-refractivity contribution in [3.8, 4) is 0 Å². The lowest BCUT2D eigenvalue weighted by atomic mass is 9.97. The van der Waals surface area contributed by atoms with E-state index in [4.69, 9.17) is 0 Å². The van der Waals surface area contributed by atoms with Gasteiger partial charge in [-0.15, -0.1) is 11.3 Å². The van der Waals surface area contributed by atoms with E-state index in [2.05, 4.69) is 17.2 Å². The monoisotopic (exact) mass is 252 g/mol. The molecular weight excluding hydrogens is 228 g/mol. The molecule has 1 fully saturated rings. The van der Waals surface area contributed by atoms with E-state index in [1.54, 1.807) is 11.3 Å². The first kappa shape index (κ1) is 13.0. The molecule has 0 bridgehead atoms. The standard InChI is InChI=1S/C14H24N2S/c1-2-16-13(9-14-10-15-11-17-14)8-7-12-5-3-4-6-12/h10-13,16H,2-9H2,1H3. The first-order valence-corrected chi connectivity index (χ1v) is 7.87. The maximum absolute atomic E-state index is 4.16. The zero-order chi connectivity index (χ0) is 11.9. The number of aromatic nitrogens is 1. The number of likely N-dealkylation sites (N-methyl/N-ethyl adjacent to an activating group) is 1. The van der Waals surface area contributed by atoms with Gasteiger partial charge in [-0.25, -0.2) is 0 Å². The Morgan fingerprint density at radius 2 is 2.29 bits per heavy atom. The van der Waals surface area contributed by atoms with E-state index in [-0.39, 0.29) is 0 Å². The van der Waals surface area contributed by atoms with Crippen LogP contribution in [0.3, 0.4) is 0 Å². The summed E-state index contributed by atoms with van der Waals surface area (Å²) >= 11 is 1.78. The Balaban J connectivity index is 1.75. The summed E-state index contributed by atoms with van der Waals surface area (Å²) in [7, 11) is 0. The number of nitrogens with zero attached hydrogens (tertiary/aromatic N) is 1. The summed E-state index contributed by atoms with van der Waals surface area (Å²) in [5, 5.41) is 3.62. The summed E-state index contributed by atoms with van der Waals surface area (Å²) in [4.78, 5) is 5.58. The molecule has 2 nitrogen and oxygen atoms in total. The van der Waals surface area contributed by atoms with Gasteiger partial charge in [0.15, 0.2) is 0 Å². The maximum Gasteiger partial charge on any atom is 0.0794 e. The Labute approximate surface area is 109 Å². The van der Waals surface area contributed by atoms with Gasteiger partial charge in [0.2, 0.25) is 0 Å². The number of rotatable bonds is 7. The highest BCUT2D eigenvalue weighted by Crippen LogP contribution is 2.29. The van der Waals surface area contributed by atoms with Crippen molar-refractivity contribution in [2.45, 2.75) is 57.9 Å². The average Bonchev–Trinajstić information content (AvgIpc) is 2.99. The molecule has 0 radical (unpaired) electrons. The van der Waals surface area contributed by atoms with Crippen molar-refractivity contribution in [2.24, 2.45) is 5.92 Å². The molecule has 0 saturated heterocycles. The van der Waals surface area contributed by atoms with Crippen molar-refractivity contribution in [3.05, 3.63) is 16.6 Å². The van der Waals surface area contributed by atoms with Crippen LogP contribution in [0.2, 0.25) is 0 Å². The van der Waals surface area contributed by atoms with E-state index in [1.165, 1.54) is 43.4 Å². The van der Waals surface area contributed by atoms with Crippen LogP contribution in [-0.2, 0) is 6.42 Å². The van der Waals surface area contributed by atoms with Crippen LogP contribution in [0.4, 0.5) is 0 Å². The van der Waals surface area contributed by atoms with E-state index in [1.807, 2.05) is 11.7 Å². The number of thiazole rings is 1. The van der Waals surface area contributed by atoms with Crippen molar-refractivity contribution in [1.82, 2.24) is 10.3 Å². The molecule has 96 valence electrons. The lowest BCUT2D eigenvalue weighted by Gasteiger charge is -2.19. The van der Waals surface area contributed by atoms with Crippen LogP contribution in [0.25, 0.3) is 0 Å². The lowest BCUT2D eigenvalue weighted by Crippen LogP contribution is -2.31. The van der Waals surface area contributed by atoms with Crippen LogP contribution in [-0.4, -0.2) is 17.6 Å². The second-order valence-electron chi connectivity index (χ2n) is 5.15. The first-order valence-electron chi connectivity index (χ1n) is 6.99. The predicted octanol–water partition coefficient (Wildman–Crippen LogP) is 3.63. The molecule has 1 unspecified atom stereocenters. The quantitative estimate of drug-likeness (QED) is 0.801. The predicted molar refractivity (Wildman–Crippen MR) is 74.5 cm³/mol. The molecule has 2 rings (SSSR count). The second kappa shape index (κ2) is 7.12. The van der Waals surface area contributed by atoms with Gasteiger partial charge in [0, 0.05) is 17.1 Å². The van der Waals surface area contributed by atoms with Crippen molar-refractivity contribution in [1.29, 1.82) is 0 Å². The Morgan fingerprint density at radius 3 is 2.94 bits per heavy atom. The molecule has 0 spiro atoms. The first-order chi connectivity index (χ1) is 8.38. The van der Waals surface area contributed by atoms with Crippen LogP contribution < -0.4 is 5.32 Å². The van der Waals surface area contributed by atoms with Crippen molar-refractivity contribution in [2.75, 3.05) is 6.54 Å². The van der Waals surface area contributed by atoms with Gasteiger partial charge in [0.25, 0.3) is 0 Å². The second-order valence-corrected chi connectivity index (χ2v) is 6.13. The summed E-state index contributed by atoms with van der Waals surface area (Å²) in [6.07, 6.45) is 11.8. The van der Waals surface area contributed by atoms with Crippen LogP contribution in [0.1, 0.15) is 50.3 Å². The van der Waals surface area contributed by atoms with E-state index >= 15 is 0 Å². The molecule has 0 aromatic carbocycles. The molecule has 1 N–H and O–H groups in total. The number of nitrogens with one attached hydrogen (secondary N) is 1. The molecule has 1 saturated carbocycles. The van der Waals surface area contributed by atoms with Crippen molar-refractivity contribution >= 4 is 11.3 Å². The Hall–Kier alpha value is -0.410. The molecule has 3 heteroatoms. The average molecular weight is 252 g/mol. The molecule has 17 heavy (non-hydrogen) atoms. The van der Waals surface area contributed by atoms with Crippen LogP contribution in [0, 0.1) is 5.92 Å². The maximum atomic E-state index is 4.16.